The van der Waals surface area contributed by atoms with E-state index in [1.165, 1.54) is 0 Å². The van der Waals surface area contributed by atoms with E-state index in [2.05, 4.69) is 15.7 Å². The lowest BCUT2D eigenvalue weighted by Gasteiger charge is -2.22. The Morgan fingerprint density at radius 3 is 3.00 bits per heavy atom. The van der Waals surface area contributed by atoms with Gasteiger partial charge in [0.1, 0.15) is 5.69 Å². The van der Waals surface area contributed by atoms with E-state index in [4.69, 9.17) is 0 Å². The van der Waals surface area contributed by atoms with Crippen molar-refractivity contribution < 1.29 is 4.79 Å². The van der Waals surface area contributed by atoms with Gasteiger partial charge in [0.25, 0.3) is 5.91 Å². The average molecular weight is 222 g/mol. The van der Waals surface area contributed by atoms with E-state index in [1.54, 1.807) is 24.0 Å². The minimum absolute atomic E-state index is 0.0291. The monoisotopic (exact) mass is 222 g/mol. The lowest BCUT2D eigenvalue weighted by atomic mass is 9.98. The number of carbonyl (C=O) groups excluding carboxylic acids is 1. The lowest BCUT2D eigenvalue weighted by molar-refractivity contribution is 0.0935. The molecule has 0 spiro atoms. The zero-order valence-electron chi connectivity index (χ0n) is 9.57. The summed E-state index contributed by atoms with van der Waals surface area (Å²) < 4.78 is 1.59. The number of hydrogen-bond donors (Lipinski definition) is 2. The van der Waals surface area contributed by atoms with Gasteiger partial charge in [-0.3, -0.25) is 9.48 Å². The number of rotatable bonds is 3. The van der Waals surface area contributed by atoms with Crippen LogP contribution in [0.25, 0.3) is 0 Å². The number of hydrogen-bond acceptors (Lipinski definition) is 3. The Morgan fingerprint density at radius 2 is 2.38 bits per heavy atom. The zero-order valence-corrected chi connectivity index (χ0v) is 9.57. The number of amides is 1. The van der Waals surface area contributed by atoms with Crippen molar-refractivity contribution in [2.75, 3.05) is 19.6 Å². The maximum Gasteiger partial charge on any atom is 0.269 e. The van der Waals surface area contributed by atoms with Crippen molar-refractivity contribution in [2.24, 2.45) is 13.0 Å². The molecule has 2 N–H and O–H groups in total. The summed E-state index contributed by atoms with van der Waals surface area (Å²) in [5.41, 5.74) is 0.619. The van der Waals surface area contributed by atoms with Crippen LogP contribution in [-0.2, 0) is 7.05 Å². The molecule has 1 fully saturated rings. The predicted molar refractivity (Wildman–Crippen MR) is 61.1 cm³/mol. The van der Waals surface area contributed by atoms with Crippen molar-refractivity contribution in [3.05, 3.63) is 18.0 Å². The van der Waals surface area contributed by atoms with Crippen LogP contribution in [0.15, 0.2) is 12.3 Å². The first-order chi connectivity index (χ1) is 7.77. The van der Waals surface area contributed by atoms with Crippen molar-refractivity contribution in [3.8, 4) is 0 Å². The molecule has 1 saturated heterocycles. The maximum atomic E-state index is 11.8. The predicted octanol–water partition coefficient (Wildman–Crippen LogP) is 0.150. The number of piperidine rings is 1. The summed E-state index contributed by atoms with van der Waals surface area (Å²) in [7, 11) is 1.78. The molecule has 1 aliphatic heterocycles. The van der Waals surface area contributed by atoms with Gasteiger partial charge in [-0.2, -0.15) is 5.10 Å². The van der Waals surface area contributed by atoms with E-state index < -0.39 is 0 Å². The summed E-state index contributed by atoms with van der Waals surface area (Å²) in [5, 5.41) is 10.3. The second kappa shape index (κ2) is 5.12. The summed E-state index contributed by atoms with van der Waals surface area (Å²) in [4.78, 5) is 11.8. The third-order valence-electron chi connectivity index (χ3n) is 3.06. The Kier molecular flexibility index (Phi) is 3.56. The third-order valence-corrected chi connectivity index (χ3v) is 3.06. The highest BCUT2D eigenvalue weighted by atomic mass is 16.2. The standard InChI is InChI=1S/C11H18N4O/c1-15-10(4-7-14-15)11(16)13-8-9-2-5-12-6-3-9/h4,7,9,12H,2-3,5-6,8H2,1H3,(H,13,16). The van der Waals surface area contributed by atoms with E-state index in [0.717, 1.165) is 32.5 Å². The molecule has 0 bridgehead atoms. The number of nitrogens with zero attached hydrogens (tertiary/aromatic N) is 2. The third kappa shape index (κ3) is 2.61. The minimum Gasteiger partial charge on any atom is -0.350 e. The Hall–Kier alpha value is -1.36. The molecule has 5 nitrogen and oxygen atoms in total. The van der Waals surface area contributed by atoms with Gasteiger partial charge < -0.3 is 10.6 Å². The quantitative estimate of drug-likeness (QED) is 0.765. The molecular weight excluding hydrogens is 204 g/mol. The van der Waals surface area contributed by atoms with E-state index in [-0.39, 0.29) is 5.91 Å². The summed E-state index contributed by atoms with van der Waals surface area (Å²) in [6.07, 6.45) is 3.93. The Bertz CT molecular complexity index is 355. The van der Waals surface area contributed by atoms with Crippen LogP contribution >= 0.6 is 0 Å². The van der Waals surface area contributed by atoms with Crippen molar-refractivity contribution >= 4 is 5.91 Å². The van der Waals surface area contributed by atoms with Crippen molar-refractivity contribution in [1.82, 2.24) is 20.4 Å². The molecular formula is C11H18N4O. The summed E-state index contributed by atoms with van der Waals surface area (Å²) >= 11 is 0. The molecule has 1 amide bonds. The molecule has 16 heavy (non-hydrogen) atoms. The highest BCUT2D eigenvalue weighted by Crippen LogP contribution is 2.10. The molecule has 1 aromatic heterocycles. The molecule has 2 heterocycles. The van der Waals surface area contributed by atoms with Crippen molar-refractivity contribution in [3.63, 3.8) is 0 Å². The number of nitrogens with one attached hydrogen (secondary N) is 2. The molecule has 0 saturated carbocycles. The number of aryl methyl sites for hydroxylation is 1. The highest BCUT2D eigenvalue weighted by Gasteiger charge is 2.15. The van der Waals surface area contributed by atoms with E-state index in [1.807, 2.05) is 0 Å². The Morgan fingerprint density at radius 1 is 1.62 bits per heavy atom. The van der Waals surface area contributed by atoms with Gasteiger partial charge in [0.05, 0.1) is 0 Å². The second-order valence-corrected chi connectivity index (χ2v) is 4.24. The fraction of sp³-hybridized carbons (Fsp3) is 0.636. The number of carbonyl (C=O) groups is 1. The summed E-state index contributed by atoms with van der Waals surface area (Å²) in [5.74, 6) is 0.581. The van der Waals surface area contributed by atoms with Gasteiger partial charge >= 0.3 is 0 Å². The molecule has 2 rings (SSSR count). The van der Waals surface area contributed by atoms with Gasteiger partial charge in [-0.25, -0.2) is 0 Å². The molecule has 1 aromatic rings. The van der Waals surface area contributed by atoms with Crippen LogP contribution in [0.5, 0.6) is 0 Å². The van der Waals surface area contributed by atoms with Gasteiger partial charge in [0, 0.05) is 19.8 Å². The van der Waals surface area contributed by atoms with E-state index in [0.29, 0.717) is 11.6 Å². The SMILES string of the molecule is Cn1nccc1C(=O)NCC1CCNCC1. The van der Waals surface area contributed by atoms with Crippen LogP contribution in [0.2, 0.25) is 0 Å². The van der Waals surface area contributed by atoms with Crippen LogP contribution < -0.4 is 10.6 Å². The highest BCUT2D eigenvalue weighted by molar-refractivity contribution is 5.92. The average Bonchev–Trinajstić information content (AvgIpc) is 2.74. The van der Waals surface area contributed by atoms with E-state index >= 15 is 0 Å². The van der Waals surface area contributed by atoms with Crippen LogP contribution in [0.4, 0.5) is 0 Å². The maximum absolute atomic E-state index is 11.8. The molecule has 0 unspecified atom stereocenters. The number of aromatic nitrogens is 2. The fourth-order valence-corrected chi connectivity index (χ4v) is 2.01. The molecule has 0 aromatic carbocycles. The Labute approximate surface area is 95.2 Å². The van der Waals surface area contributed by atoms with Crippen molar-refractivity contribution in [2.45, 2.75) is 12.8 Å². The van der Waals surface area contributed by atoms with Crippen molar-refractivity contribution in [1.29, 1.82) is 0 Å². The van der Waals surface area contributed by atoms with Crippen LogP contribution in [0.1, 0.15) is 23.3 Å². The van der Waals surface area contributed by atoms with E-state index in [9.17, 15) is 4.79 Å². The second-order valence-electron chi connectivity index (χ2n) is 4.24. The lowest BCUT2D eigenvalue weighted by Crippen LogP contribution is -2.36. The van der Waals surface area contributed by atoms with Gasteiger partial charge in [-0.1, -0.05) is 0 Å². The zero-order chi connectivity index (χ0) is 11.4. The smallest absolute Gasteiger partial charge is 0.269 e. The van der Waals surface area contributed by atoms with Gasteiger partial charge in [-0.15, -0.1) is 0 Å². The minimum atomic E-state index is -0.0291. The molecule has 0 radical (unpaired) electrons. The normalized spacial score (nSPS) is 17.3. The van der Waals surface area contributed by atoms with Crippen LogP contribution in [0.3, 0.4) is 0 Å². The molecule has 88 valence electrons. The first kappa shape index (κ1) is 11.1. The molecule has 0 aliphatic carbocycles. The molecule has 5 heteroatoms. The first-order valence-corrected chi connectivity index (χ1v) is 5.74. The Balaban J connectivity index is 1.81. The largest absolute Gasteiger partial charge is 0.350 e. The van der Waals surface area contributed by atoms with Gasteiger partial charge in [-0.05, 0) is 37.9 Å². The topological polar surface area (TPSA) is 59.0 Å². The van der Waals surface area contributed by atoms with Crippen LogP contribution in [-0.4, -0.2) is 35.3 Å². The van der Waals surface area contributed by atoms with Gasteiger partial charge in [0.2, 0.25) is 0 Å². The summed E-state index contributed by atoms with van der Waals surface area (Å²) in [6.45, 7) is 2.89. The fourth-order valence-electron chi connectivity index (χ4n) is 2.01. The summed E-state index contributed by atoms with van der Waals surface area (Å²) in [6, 6.07) is 1.73. The first-order valence-electron chi connectivity index (χ1n) is 5.74. The molecule has 1 aliphatic rings. The molecule has 0 atom stereocenters. The van der Waals surface area contributed by atoms with Gasteiger partial charge in [0.15, 0.2) is 0 Å². The van der Waals surface area contributed by atoms with Crippen LogP contribution in [0, 0.1) is 5.92 Å².